The number of aryl methyl sites for hydroxylation is 12. The molecule has 15 rings (SSSR count). The third kappa shape index (κ3) is 13.2. The average molecular weight is 1220 g/mol. The van der Waals surface area contributed by atoms with E-state index in [1.807, 2.05) is 0 Å². The number of hydrogen-bond donors (Lipinski definition) is 2. The van der Waals surface area contributed by atoms with Crippen molar-refractivity contribution >= 4 is 0 Å². The van der Waals surface area contributed by atoms with Crippen molar-refractivity contribution in [3.8, 4) is 22.3 Å². The zero-order valence-electron chi connectivity index (χ0n) is 54.2. The Morgan fingerprint density at radius 3 is 0.574 bits per heavy atom. The SMILES string of the molecule is OC1(c2ccc(C3(O)c4cc(CCc5ccc(CCC6C=CC=C6)cc5)ccc4-c4ccc(CCc5ccc(CCC6C=CC=C6)cc5)cc43)cc2)c2cc(CCc3ccc(CCC4C=CC=C4)cc3)ccc2-c2ccc(CCc3ccc(CCC4C=CC=C4)cc3)cc21. The second-order valence-corrected chi connectivity index (χ2v) is 27.7. The fourth-order valence-electron chi connectivity index (χ4n) is 15.6. The first kappa shape index (κ1) is 61.0. The lowest BCUT2D eigenvalue weighted by molar-refractivity contribution is 0.126. The predicted molar refractivity (Wildman–Crippen MR) is 390 cm³/mol. The molecule has 0 heterocycles. The van der Waals surface area contributed by atoms with Crippen LogP contribution in [0.25, 0.3) is 22.3 Å². The van der Waals surface area contributed by atoms with Crippen molar-refractivity contribution in [1.82, 2.24) is 0 Å². The Morgan fingerprint density at radius 2 is 0.372 bits per heavy atom. The van der Waals surface area contributed by atoms with E-state index in [1.165, 1.54) is 66.8 Å². The minimum absolute atomic E-state index is 0.537. The van der Waals surface area contributed by atoms with Crippen LogP contribution >= 0.6 is 0 Å². The molecule has 0 aliphatic heterocycles. The molecule has 6 aliphatic carbocycles. The van der Waals surface area contributed by atoms with E-state index in [9.17, 15) is 10.2 Å². The molecule has 0 bridgehead atoms. The summed E-state index contributed by atoms with van der Waals surface area (Å²) in [4.78, 5) is 0. The van der Waals surface area contributed by atoms with Gasteiger partial charge in [-0.05, 0) is 227 Å². The van der Waals surface area contributed by atoms with Crippen molar-refractivity contribution in [2.24, 2.45) is 23.7 Å². The van der Waals surface area contributed by atoms with Crippen molar-refractivity contribution in [3.05, 3.63) is 391 Å². The highest BCUT2D eigenvalue weighted by atomic mass is 16.3. The molecule has 0 amide bonds. The van der Waals surface area contributed by atoms with Crippen LogP contribution in [0, 0.1) is 23.7 Å². The van der Waals surface area contributed by atoms with Crippen molar-refractivity contribution in [2.75, 3.05) is 0 Å². The summed E-state index contributed by atoms with van der Waals surface area (Å²) < 4.78 is 0. The molecule has 0 aromatic heterocycles. The number of aliphatic hydroxyl groups is 2. The van der Waals surface area contributed by atoms with Gasteiger partial charge < -0.3 is 10.2 Å². The molecular formula is C92H86O2. The number of allylic oxidation sites excluding steroid dienone is 16. The van der Waals surface area contributed by atoms with Crippen LogP contribution in [0.15, 0.2) is 291 Å². The van der Waals surface area contributed by atoms with Gasteiger partial charge in [-0.2, -0.15) is 0 Å². The topological polar surface area (TPSA) is 40.5 Å². The van der Waals surface area contributed by atoms with Gasteiger partial charge in [-0.1, -0.05) is 291 Å². The van der Waals surface area contributed by atoms with Gasteiger partial charge in [-0.3, -0.25) is 0 Å². The molecule has 0 spiro atoms. The summed E-state index contributed by atoms with van der Waals surface area (Å²) >= 11 is 0. The number of rotatable bonds is 26. The van der Waals surface area contributed by atoms with E-state index in [2.05, 4.69) is 291 Å². The predicted octanol–water partition coefficient (Wildman–Crippen LogP) is 20.1. The average Bonchev–Trinajstić information content (AvgIpc) is 1.55. The van der Waals surface area contributed by atoms with Crippen LogP contribution in [-0.4, -0.2) is 10.2 Å². The van der Waals surface area contributed by atoms with Gasteiger partial charge in [0.25, 0.3) is 0 Å². The van der Waals surface area contributed by atoms with Gasteiger partial charge in [0.05, 0.1) is 0 Å². The highest BCUT2D eigenvalue weighted by molar-refractivity contribution is 5.85. The van der Waals surface area contributed by atoms with Gasteiger partial charge in [0.15, 0.2) is 0 Å². The molecule has 0 fully saturated rings. The quantitative estimate of drug-likeness (QED) is 0.0567. The maximum Gasteiger partial charge on any atom is 0.141 e. The molecule has 466 valence electrons. The van der Waals surface area contributed by atoms with Gasteiger partial charge in [0.2, 0.25) is 0 Å². The van der Waals surface area contributed by atoms with E-state index in [0.29, 0.717) is 23.7 Å². The fraction of sp³-hybridized carbons (Fsp3) is 0.239. The summed E-state index contributed by atoms with van der Waals surface area (Å²) in [5.41, 5.74) is 22.3. The molecule has 0 atom stereocenters. The van der Waals surface area contributed by atoms with Crippen molar-refractivity contribution in [3.63, 3.8) is 0 Å². The van der Waals surface area contributed by atoms with Crippen LogP contribution in [0.1, 0.15) is 126 Å². The van der Waals surface area contributed by atoms with Crippen molar-refractivity contribution in [1.29, 1.82) is 0 Å². The number of hydrogen-bond acceptors (Lipinski definition) is 2. The monoisotopic (exact) mass is 1220 g/mol. The standard InChI is InChI=1S/C92H86O2/c93-91(87-61-77(45-41-73-33-25-69(26-34-73)21-17-65-9-1-2-10-65)49-57-83(87)84-58-50-78(62-88(84)91)46-42-74-35-27-70(28-36-74)22-18-66-11-3-4-12-66)81-53-55-82(56-54-81)92(94)89-63-79(47-43-75-37-29-71(30-38-75)23-19-67-13-5-6-14-67)51-59-85(89)86-60-52-80(64-90(86)92)48-44-76-39-31-72(32-40-76)24-20-68-15-7-8-16-68/h1-16,25-40,49-68,93-94H,17-24,41-48H2. The molecule has 9 aromatic rings. The van der Waals surface area contributed by atoms with E-state index in [-0.39, 0.29) is 0 Å². The number of benzene rings is 9. The van der Waals surface area contributed by atoms with Gasteiger partial charge in [0.1, 0.15) is 11.2 Å². The van der Waals surface area contributed by atoms with Gasteiger partial charge in [0, 0.05) is 22.3 Å². The maximum absolute atomic E-state index is 14.0. The summed E-state index contributed by atoms with van der Waals surface area (Å²) in [6.45, 7) is 0. The number of fused-ring (bicyclic) bond motifs is 6. The Bertz CT molecular complexity index is 3850. The minimum Gasteiger partial charge on any atom is -0.376 e. The highest BCUT2D eigenvalue weighted by Gasteiger charge is 2.46. The molecule has 2 N–H and O–H groups in total. The normalized spacial score (nSPS) is 16.1. The van der Waals surface area contributed by atoms with Crippen molar-refractivity contribution in [2.45, 2.75) is 114 Å². The molecule has 0 unspecified atom stereocenters. The smallest absolute Gasteiger partial charge is 0.141 e. The van der Waals surface area contributed by atoms with E-state index in [4.69, 9.17) is 0 Å². The van der Waals surface area contributed by atoms with Crippen molar-refractivity contribution < 1.29 is 10.2 Å². The molecule has 94 heavy (non-hydrogen) atoms. The lowest BCUT2D eigenvalue weighted by Gasteiger charge is -2.30. The molecule has 6 aliphatic rings. The van der Waals surface area contributed by atoms with Crippen LogP contribution in [0.3, 0.4) is 0 Å². The summed E-state index contributed by atoms with van der Waals surface area (Å²) in [7, 11) is 0. The molecule has 0 saturated heterocycles. The Kier molecular flexibility index (Phi) is 17.8. The first-order valence-electron chi connectivity index (χ1n) is 35.0. The van der Waals surface area contributed by atoms with Crippen LogP contribution in [-0.2, 0) is 88.3 Å². The highest BCUT2D eigenvalue weighted by Crippen LogP contribution is 2.55. The zero-order valence-corrected chi connectivity index (χ0v) is 54.2. The summed E-state index contributed by atoms with van der Waals surface area (Å²) in [6.07, 6.45) is 51.5. The molecule has 9 aromatic carbocycles. The van der Waals surface area contributed by atoms with Gasteiger partial charge in [-0.15, -0.1) is 0 Å². The first-order chi connectivity index (χ1) is 46.2. The Morgan fingerprint density at radius 1 is 0.202 bits per heavy atom. The van der Waals surface area contributed by atoms with Crippen LogP contribution in [0.4, 0.5) is 0 Å². The van der Waals surface area contributed by atoms with Gasteiger partial charge >= 0.3 is 0 Å². The Hall–Kier alpha value is -9.18. The Balaban J connectivity index is 0.726. The van der Waals surface area contributed by atoms with E-state index >= 15 is 0 Å². The van der Waals surface area contributed by atoms with E-state index in [0.717, 1.165) is 158 Å². The zero-order chi connectivity index (χ0) is 63.3. The molecule has 0 radical (unpaired) electrons. The largest absolute Gasteiger partial charge is 0.376 e. The second-order valence-electron chi connectivity index (χ2n) is 27.7. The molecule has 2 nitrogen and oxygen atoms in total. The first-order valence-corrected chi connectivity index (χ1v) is 35.0. The van der Waals surface area contributed by atoms with Gasteiger partial charge in [-0.25, -0.2) is 0 Å². The van der Waals surface area contributed by atoms with Crippen LogP contribution in [0.2, 0.25) is 0 Å². The molecular weight excluding hydrogens is 1140 g/mol. The minimum atomic E-state index is -1.44. The Labute approximate surface area is 558 Å². The maximum atomic E-state index is 14.0. The third-order valence-corrected chi connectivity index (χ3v) is 21.5. The van der Waals surface area contributed by atoms with E-state index in [1.54, 1.807) is 0 Å². The fourth-order valence-corrected chi connectivity index (χ4v) is 15.6. The molecule has 0 saturated carbocycles. The third-order valence-electron chi connectivity index (χ3n) is 21.5. The van der Waals surface area contributed by atoms with Crippen LogP contribution in [0.5, 0.6) is 0 Å². The summed E-state index contributed by atoms with van der Waals surface area (Å²) in [5.74, 6) is 2.15. The lowest BCUT2D eigenvalue weighted by atomic mass is 9.79. The molecule has 2 heteroatoms. The second kappa shape index (κ2) is 27.4. The summed E-state index contributed by atoms with van der Waals surface area (Å²) in [5, 5.41) is 28.0. The van der Waals surface area contributed by atoms with Crippen LogP contribution < -0.4 is 0 Å². The summed E-state index contributed by atoms with van der Waals surface area (Å²) in [6, 6.07) is 72.5. The van der Waals surface area contributed by atoms with E-state index < -0.39 is 11.2 Å². The lowest BCUT2D eigenvalue weighted by Crippen LogP contribution is -2.29.